The summed E-state index contributed by atoms with van der Waals surface area (Å²) in [5.41, 5.74) is 0.981. The Hall–Kier alpha value is -3.22. The lowest BCUT2D eigenvalue weighted by Gasteiger charge is -2.11. The second kappa shape index (κ2) is 6.69. The van der Waals surface area contributed by atoms with Gasteiger partial charge in [-0.15, -0.1) is 0 Å². The molecule has 3 aromatic rings. The monoisotopic (exact) mass is 312 g/mol. The molecule has 116 valence electrons. The van der Waals surface area contributed by atoms with Gasteiger partial charge in [-0.25, -0.2) is 14.4 Å². The van der Waals surface area contributed by atoms with Crippen LogP contribution in [0.1, 0.15) is 16.1 Å². The first kappa shape index (κ1) is 14.7. The van der Waals surface area contributed by atoms with Gasteiger partial charge in [-0.3, -0.25) is 4.79 Å². The fourth-order valence-electron chi connectivity index (χ4n) is 1.93. The van der Waals surface area contributed by atoms with Crippen molar-refractivity contribution < 1.29 is 13.9 Å². The summed E-state index contributed by atoms with van der Waals surface area (Å²) < 4.78 is 19.2. The number of ether oxygens (including phenoxy) is 1. The summed E-state index contributed by atoms with van der Waals surface area (Å²) in [6.07, 6.45) is 4.39. The molecule has 0 fully saturated rings. The number of amides is 1. The maximum atomic E-state index is 13.7. The maximum Gasteiger partial charge on any atom is 0.269 e. The third-order valence-corrected chi connectivity index (χ3v) is 3.08. The van der Waals surface area contributed by atoms with Crippen LogP contribution in [0.15, 0.2) is 55.1 Å². The van der Waals surface area contributed by atoms with Gasteiger partial charge in [-0.2, -0.15) is 0 Å². The van der Waals surface area contributed by atoms with Crippen LogP contribution in [0.2, 0.25) is 0 Å². The molecule has 1 amide bonds. The summed E-state index contributed by atoms with van der Waals surface area (Å²) >= 11 is 0. The third kappa shape index (κ3) is 3.52. The second-order valence-electron chi connectivity index (χ2n) is 4.65. The van der Waals surface area contributed by atoms with Gasteiger partial charge >= 0.3 is 0 Å². The molecule has 6 nitrogen and oxygen atoms in total. The van der Waals surface area contributed by atoms with E-state index in [1.165, 1.54) is 30.9 Å². The molecule has 0 saturated carbocycles. The molecule has 7 heteroatoms. The van der Waals surface area contributed by atoms with E-state index in [4.69, 9.17) is 4.74 Å². The van der Waals surface area contributed by atoms with E-state index in [1.54, 1.807) is 24.3 Å². The van der Waals surface area contributed by atoms with E-state index >= 15 is 0 Å². The Morgan fingerprint density at radius 1 is 1.26 bits per heavy atom. The summed E-state index contributed by atoms with van der Waals surface area (Å²) in [5, 5.41) is 2.72. The van der Waals surface area contributed by atoms with Crippen LogP contribution >= 0.6 is 0 Å². The molecule has 0 atom stereocenters. The molecular weight excluding hydrogens is 299 g/mol. The van der Waals surface area contributed by atoms with Crippen molar-refractivity contribution in [1.82, 2.24) is 20.3 Å². The predicted molar refractivity (Wildman–Crippen MR) is 80.5 cm³/mol. The molecule has 23 heavy (non-hydrogen) atoms. The number of nitrogens with zero attached hydrogens (tertiary/aromatic N) is 2. The van der Waals surface area contributed by atoms with Crippen LogP contribution in [0.4, 0.5) is 4.39 Å². The number of hydrogen-bond acceptors (Lipinski definition) is 4. The minimum atomic E-state index is -0.481. The number of aromatic nitrogens is 3. The SMILES string of the molecule is O=C(NCc1cccnc1Oc1ccccc1F)c1cnc[nH]1. The lowest BCUT2D eigenvalue weighted by molar-refractivity contribution is 0.0946. The number of rotatable bonds is 5. The molecule has 0 bridgehead atoms. The first-order chi connectivity index (χ1) is 11.2. The lowest BCUT2D eigenvalue weighted by atomic mass is 10.2. The van der Waals surface area contributed by atoms with Gasteiger partial charge < -0.3 is 15.0 Å². The molecule has 1 aromatic carbocycles. The highest BCUT2D eigenvalue weighted by Gasteiger charge is 2.11. The van der Waals surface area contributed by atoms with Crippen LogP contribution in [0.3, 0.4) is 0 Å². The standard InChI is InChI=1S/C16H13FN4O2/c17-12-5-1-2-6-14(12)23-16-11(4-3-7-19-16)8-20-15(22)13-9-18-10-21-13/h1-7,9-10H,8H2,(H,18,21)(H,20,22). The molecule has 0 aliphatic heterocycles. The van der Waals surface area contributed by atoms with Crippen molar-refractivity contribution in [3.63, 3.8) is 0 Å². The Balaban J connectivity index is 1.73. The Bertz CT molecular complexity index is 805. The summed E-state index contributed by atoms with van der Waals surface area (Å²) in [6.45, 7) is 0.190. The highest BCUT2D eigenvalue weighted by Crippen LogP contribution is 2.25. The van der Waals surface area contributed by atoms with Gasteiger partial charge in [0.15, 0.2) is 11.6 Å². The average molecular weight is 312 g/mol. The zero-order valence-electron chi connectivity index (χ0n) is 12.0. The largest absolute Gasteiger partial charge is 0.436 e. The molecule has 0 radical (unpaired) electrons. The first-order valence-electron chi connectivity index (χ1n) is 6.87. The van der Waals surface area contributed by atoms with Gasteiger partial charge in [-0.05, 0) is 18.2 Å². The fourth-order valence-corrected chi connectivity index (χ4v) is 1.93. The van der Waals surface area contributed by atoms with E-state index < -0.39 is 5.82 Å². The molecular formula is C16H13FN4O2. The number of carbonyl (C=O) groups is 1. The number of carbonyl (C=O) groups excluding carboxylic acids is 1. The number of hydrogen-bond donors (Lipinski definition) is 2. The van der Waals surface area contributed by atoms with Crippen molar-refractivity contribution in [3.8, 4) is 11.6 Å². The smallest absolute Gasteiger partial charge is 0.269 e. The topological polar surface area (TPSA) is 79.9 Å². The van der Waals surface area contributed by atoms with Gasteiger partial charge in [0.25, 0.3) is 5.91 Å². The van der Waals surface area contributed by atoms with Crippen molar-refractivity contribution in [1.29, 1.82) is 0 Å². The molecule has 2 N–H and O–H groups in total. The first-order valence-corrected chi connectivity index (χ1v) is 6.87. The van der Waals surface area contributed by atoms with Gasteiger partial charge in [0.1, 0.15) is 5.69 Å². The molecule has 0 aliphatic rings. The van der Waals surface area contributed by atoms with E-state index in [2.05, 4.69) is 20.3 Å². The van der Waals surface area contributed by atoms with E-state index in [1.807, 2.05) is 0 Å². The number of imidazole rings is 1. The quantitative estimate of drug-likeness (QED) is 0.759. The minimum Gasteiger partial charge on any atom is -0.436 e. The van der Waals surface area contributed by atoms with Crippen LogP contribution in [0, 0.1) is 5.82 Å². The van der Waals surface area contributed by atoms with E-state index in [9.17, 15) is 9.18 Å². The Morgan fingerprint density at radius 2 is 2.13 bits per heavy atom. The molecule has 2 heterocycles. The predicted octanol–water partition coefficient (Wildman–Crippen LogP) is 2.67. The molecule has 0 saturated heterocycles. The van der Waals surface area contributed by atoms with Crippen molar-refractivity contribution in [2.45, 2.75) is 6.54 Å². The second-order valence-corrected chi connectivity index (χ2v) is 4.65. The fraction of sp³-hybridized carbons (Fsp3) is 0.0625. The van der Waals surface area contributed by atoms with Crippen LogP contribution in [0.5, 0.6) is 11.6 Å². The van der Waals surface area contributed by atoms with Crippen molar-refractivity contribution in [2.75, 3.05) is 0 Å². The van der Waals surface area contributed by atoms with Gasteiger partial charge in [0.05, 0.1) is 12.5 Å². The van der Waals surface area contributed by atoms with Crippen LogP contribution in [-0.2, 0) is 6.54 Å². The molecule has 2 aromatic heterocycles. The van der Waals surface area contributed by atoms with Gasteiger partial charge in [0, 0.05) is 18.3 Å². The van der Waals surface area contributed by atoms with Gasteiger partial charge in [-0.1, -0.05) is 18.2 Å². The van der Waals surface area contributed by atoms with E-state index in [-0.39, 0.29) is 24.1 Å². The Morgan fingerprint density at radius 3 is 2.91 bits per heavy atom. The number of para-hydroxylation sites is 1. The summed E-state index contributed by atoms with van der Waals surface area (Å²) in [6, 6.07) is 9.52. The van der Waals surface area contributed by atoms with Crippen LogP contribution in [0.25, 0.3) is 0 Å². The Kier molecular flexibility index (Phi) is 4.28. The highest BCUT2D eigenvalue weighted by molar-refractivity contribution is 5.91. The number of H-pyrrole nitrogens is 1. The number of aromatic amines is 1. The van der Waals surface area contributed by atoms with Crippen molar-refractivity contribution >= 4 is 5.91 Å². The molecule has 0 aliphatic carbocycles. The normalized spacial score (nSPS) is 10.3. The average Bonchev–Trinajstić information content (AvgIpc) is 3.10. The number of nitrogens with one attached hydrogen (secondary N) is 2. The third-order valence-electron chi connectivity index (χ3n) is 3.08. The zero-order chi connectivity index (χ0) is 16.1. The Labute approximate surface area is 131 Å². The summed E-state index contributed by atoms with van der Waals surface area (Å²) in [4.78, 5) is 22.5. The highest BCUT2D eigenvalue weighted by atomic mass is 19.1. The minimum absolute atomic E-state index is 0.0762. The number of halogens is 1. The van der Waals surface area contributed by atoms with Crippen molar-refractivity contribution in [2.24, 2.45) is 0 Å². The van der Waals surface area contributed by atoms with Crippen LogP contribution in [-0.4, -0.2) is 20.9 Å². The van der Waals surface area contributed by atoms with Crippen molar-refractivity contribution in [3.05, 3.63) is 72.2 Å². The van der Waals surface area contributed by atoms with E-state index in [0.717, 1.165) is 0 Å². The zero-order valence-corrected chi connectivity index (χ0v) is 12.0. The molecule has 3 rings (SSSR count). The molecule has 0 spiro atoms. The lowest BCUT2D eigenvalue weighted by Crippen LogP contribution is -2.23. The summed E-state index contributed by atoms with van der Waals surface area (Å²) in [5.74, 6) is -0.469. The number of pyridine rings is 1. The van der Waals surface area contributed by atoms with Crippen LogP contribution < -0.4 is 10.1 Å². The maximum absolute atomic E-state index is 13.7. The van der Waals surface area contributed by atoms with E-state index in [0.29, 0.717) is 11.3 Å². The summed E-state index contributed by atoms with van der Waals surface area (Å²) in [7, 11) is 0. The van der Waals surface area contributed by atoms with Gasteiger partial charge in [0.2, 0.25) is 5.88 Å². The molecule has 0 unspecified atom stereocenters. The number of benzene rings is 1.